The molecular formula is C13H20N2O4. The number of carboxylic acid groups (broad SMARTS) is 1. The van der Waals surface area contributed by atoms with E-state index in [9.17, 15) is 14.4 Å². The summed E-state index contributed by atoms with van der Waals surface area (Å²) in [6, 6.07) is 0. The van der Waals surface area contributed by atoms with Crippen molar-refractivity contribution in [3.63, 3.8) is 0 Å². The van der Waals surface area contributed by atoms with Crippen molar-refractivity contribution in [2.24, 2.45) is 11.8 Å². The summed E-state index contributed by atoms with van der Waals surface area (Å²) in [6.07, 6.45) is 1.91. The van der Waals surface area contributed by atoms with Crippen molar-refractivity contribution in [2.45, 2.75) is 38.6 Å². The lowest BCUT2D eigenvalue weighted by molar-refractivity contribution is -0.156. The maximum atomic E-state index is 12.6. The number of hydrogen-bond acceptors (Lipinski definition) is 3. The Bertz CT molecular complexity index is 419. The molecule has 1 heterocycles. The highest BCUT2D eigenvalue weighted by Gasteiger charge is 2.46. The molecular weight excluding hydrogens is 248 g/mol. The van der Waals surface area contributed by atoms with Crippen LogP contribution < -0.4 is 5.32 Å². The predicted molar refractivity (Wildman–Crippen MR) is 67.3 cm³/mol. The Balaban J connectivity index is 2.19. The van der Waals surface area contributed by atoms with E-state index in [-0.39, 0.29) is 11.8 Å². The van der Waals surface area contributed by atoms with Gasteiger partial charge in [-0.1, -0.05) is 6.42 Å². The minimum atomic E-state index is -0.907. The number of amides is 2. The summed E-state index contributed by atoms with van der Waals surface area (Å²) in [4.78, 5) is 37.1. The van der Waals surface area contributed by atoms with Gasteiger partial charge in [-0.25, -0.2) is 0 Å². The molecule has 106 valence electrons. The third-order valence-corrected chi connectivity index (χ3v) is 4.27. The first-order chi connectivity index (χ1) is 8.85. The van der Waals surface area contributed by atoms with E-state index in [0.29, 0.717) is 25.9 Å². The fourth-order valence-corrected chi connectivity index (χ4v) is 3.04. The second-order valence-corrected chi connectivity index (χ2v) is 5.79. The molecule has 2 N–H and O–H groups in total. The van der Waals surface area contributed by atoms with Crippen LogP contribution in [0, 0.1) is 11.8 Å². The highest BCUT2D eigenvalue weighted by Crippen LogP contribution is 2.35. The minimum absolute atomic E-state index is 0.183. The van der Waals surface area contributed by atoms with Gasteiger partial charge in [-0.2, -0.15) is 0 Å². The van der Waals surface area contributed by atoms with Gasteiger partial charge in [0.1, 0.15) is 5.54 Å². The Morgan fingerprint density at radius 1 is 1.32 bits per heavy atom. The van der Waals surface area contributed by atoms with Gasteiger partial charge in [-0.3, -0.25) is 14.4 Å². The first kappa shape index (κ1) is 13.8. The molecule has 2 unspecified atom stereocenters. The van der Waals surface area contributed by atoms with E-state index < -0.39 is 23.3 Å². The van der Waals surface area contributed by atoms with Gasteiger partial charge in [0.15, 0.2) is 0 Å². The van der Waals surface area contributed by atoms with Crippen LogP contribution in [0.1, 0.15) is 33.1 Å². The first-order valence-corrected chi connectivity index (χ1v) is 6.68. The first-order valence-electron chi connectivity index (χ1n) is 6.68. The molecule has 1 aliphatic carbocycles. The molecule has 2 rings (SSSR count). The lowest BCUT2D eigenvalue weighted by atomic mass is 9.90. The van der Waals surface area contributed by atoms with E-state index in [1.807, 2.05) is 0 Å². The van der Waals surface area contributed by atoms with Crippen molar-refractivity contribution in [3.05, 3.63) is 0 Å². The molecule has 2 aliphatic rings. The summed E-state index contributed by atoms with van der Waals surface area (Å²) in [7, 11) is 0. The Hall–Kier alpha value is -1.59. The van der Waals surface area contributed by atoms with Gasteiger partial charge in [0.25, 0.3) is 0 Å². The molecule has 1 saturated carbocycles. The molecule has 0 radical (unpaired) electrons. The van der Waals surface area contributed by atoms with E-state index in [0.717, 1.165) is 6.42 Å². The fourth-order valence-electron chi connectivity index (χ4n) is 3.04. The SMILES string of the molecule is CC1(C)C(=O)NCCN1C(=O)C1CCCC1C(=O)O. The molecule has 2 amide bonds. The van der Waals surface area contributed by atoms with E-state index in [1.165, 1.54) is 4.90 Å². The van der Waals surface area contributed by atoms with Crippen LogP contribution in [0.4, 0.5) is 0 Å². The molecule has 6 heteroatoms. The molecule has 1 aliphatic heterocycles. The zero-order valence-electron chi connectivity index (χ0n) is 11.3. The van der Waals surface area contributed by atoms with Crippen molar-refractivity contribution in [2.75, 3.05) is 13.1 Å². The zero-order chi connectivity index (χ0) is 14.2. The summed E-state index contributed by atoms with van der Waals surface area (Å²) in [5.74, 6) is -2.37. The van der Waals surface area contributed by atoms with Gasteiger partial charge in [0.05, 0.1) is 11.8 Å². The molecule has 6 nitrogen and oxygen atoms in total. The summed E-state index contributed by atoms with van der Waals surface area (Å²) in [6.45, 7) is 4.27. The van der Waals surface area contributed by atoms with Gasteiger partial charge in [0, 0.05) is 13.1 Å². The predicted octanol–water partition coefficient (Wildman–Crippen LogP) is 0.224. The highest BCUT2D eigenvalue weighted by atomic mass is 16.4. The lowest BCUT2D eigenvalue weighted by Gasteiger charge is -2.42. The average Bonchev–Trinajstić information content (AvgIpc) is 2.81. The van der Waals surface area contributed by atoms with Crippen LogP contribution in [0.5, 0.6) is 0 Å². The van der Waals surface area contributed by atoms with Crippen LogP contribution in [-0.4, -0.2) is 46.4 Å². The zero-order valence-corrected chi connectivity index (χ0v) is 11.3. The number of carbonyl (C=O) groups excluding carboxylic acids is 2. The molecule has 19 heavy (non-hydrogen) atoms. The fraction of sp³-hybridized carbons (Fsp3) is 0.769. The van der Waals surface area contributed by atoms with E-state index in [2.05, 4.69) is 5.32 Å². The number of aliphatic carboxylic acids is 1. The Labute approximate surface area is 112 Å². The highest BCUT2D eigenvalue weighted by molar-refractivity contribution is 5.94. The van der Waals surface area contributed by atoms with Crippen molar-refractivity contribution >= 4 is 17.8 Å². The molecule has 2 atom stereocenters. The van der Waals surface area contributed by atoms with Crippen LogP contribution in [0.2, 0.25) is 0 Å². The number of carboxylic acids is 1. The van der Waals surface area contributed by atoms with Gasteiger partial charge in [0.2, 0.25) is 11.8 Å². The van der Waals surface area contributed by atoms with Crippen LogP contribution in [0.25, 0.3) is 0 Å². The average molecular weight is 268 g/mol. The number of nitrogens with one attached hydrogen (secondary N) is 1. The summed E-state index contributed by atoms with van der Waals surface area (Å²) >= 11 is 0. The van der Waals surface area contributed by atoms with Gasteiger partial charge in [-0.05, 0) is 26.7 Å². The van der Waals surface area contributed by atoms with Crippen LogP contribution in [-0.2, 0) is 14.4 Å². The molecule has 0 aromatic carbocycles. The van der Waals surface area contributed by atoms with E-state index in [4.69, 9.17) is 5.11 Å². The van der Waals surface area contributed by atoms with Crippen LogP contribution in [0.3, 0.4) is 0 Å². The normalized spacial score (nSPS) is 30.0. The quantitative estimate of drug-likeness (QED) is 0.750. The smallest absolute Gasteiger partial charge is 0.307 e. The van der Waals surface area contributed by atoms with E-state index in [1.54, 1.807) is 13.8 Å². The Morgan fingerprint density at radius 3 is 2.58 bits per heavy atom. The molecule has 0 aromatic rings. The number of nitrogens with zero attached hydrogens (tertiary/aromatic N) is 1. The summed E-state index contributed by atoms with van der Waals surface area (Å²) in [5, 5.41) is 11.9. The van der Waals surface area contributed by atoms with Crippen molar-refractivity contribution in [1.29, 1.82) is 0 Å². The maximum Gasteiger partial charge on any atom is 0.307 e. The molecule has 1 saturated heterocycles. The Morgan fingerprint density at radius 2 is 1.95 bits per heavy atom. The largest absolute Gasteiger partial charge is 0.481 e. The maximum absolute atomic E-state index is 12.6. The number of piperazine rings is 1. The minimum Gasteiger partial charge on any atom is -0.481 e. The molecule has 0 aromatic heterocycles. The molecule has 2 fully saturated rings. The molecule has 0 bridgehead atoms. The second kappa shape index (κ2) is 4.83. The van der Waals surface area contributed by atoms with Gasteiger partial charge < -0.3 is 15.3 Å². The summed E-state index contributed by atoms with van der Waals surface area (Å²) in [5.41, 5.74) is -0.902. The number of carbonyl (C=O) groups is 3. The second-order valence-electron chi connectivity index (χ2n) is 5.79. The lowest BCUT2D eigenvalue weighted by Crippen LogP contribution is -2.64. The van der Waals surface area contributed by atoms with Crippen LogP contribution in [0.15, 0.2) is 0 Å². The summed E-state index contributed by atoms with van der Waals surface area (Å²) < 4.78 is 0. The van der Waals surface area contributed by atoms with Crippen molar-refractivity contribution < 1.29 is 19.5 Å². The number of rotatable bonds is 2. The third kappa shape index (κ3) is 2.31. The van der Waals surface area contributed by atoms with Crippen molar-refractivity contribution in [3.8, 4) is 0 Å². The standard InChI is InChI=1S/C13H20N2O4/c1-13(2)12(19)14-6-7-15(13)10(16)8-4-3-5-9(8)11(17)18/h8-9H,3-7H2,1-2H3,(H,14,19)(H,17,18). The van der Waals surface area contributed by atoms with Crippen molar-refractivity contribution in [1.82, 2.24) is 10.2 Å². The van der Waals surface area contributed by atoms with Gasteiger partial charge in [-0.15, -0.1) is 0 Å². The van der Waals surface area contributed by atoms with E-state index >= 15 is 0 Å². The monoisotopic (exact) mass is 268 g/mol. The topological polar surface area (TPSA) is 86.7 Å². The number of hydrogen-bond donors (Lipinski definition) is 2. The molecule has 0 spiro atoms. The Kier molecular flexibility index (Phi) is 3.52. The van der Waals surface area contributed by atoms with Gasteiger partial charge >= 0.3 is 5.97 Å². The van der Waals surface area contributed by atoms with Crippen LogP contribution >= 0.6 is 0 Å². The third-order valence-electron chi connectivity index (χ3n) is 4.27.